The minimum Gasteiger partial charge on any atom is -0.397 e. The first-order valence-corrected chi connectivity index (χ1v) is 4.79. The van der Waals surface area contributed by atoms with Crippen molar-refractivity contribution < 1.29 is 13.2 Å². The summed E-state index contributed by atoms with van der Waals surface area (Å²) >= 11 is 0. The molecule has 4 N–H and O–H groups in total. The standard InChI is InChI=1S/C12H9F3N2/c13-8-3-2-7(11(14)12(8)15)6-1-4-9(16)10(17)5-6/h1-5H,16-17H2. The third kappa shape index (κ3) is 1.91. The van der Waals surface area contributed by atoms with Gasteiger partial charge in [0.1, 0.15) is 0 Å². The first-order chi connectivity index (χ1) is 8.00. The average molecular weight is 238 g/mol. The van der Waals surface area contributed by atoms with E-state index in [1.807, 2.05) is 0 Å². The summed E-state index contributed by atoms with van der Waals surface area (Å²) in [5.74, 6) is -3.97. The topological polar surface area (TPSA) is 52.0 Å². The van der Waals surface area contributed by atoms with Gasteiger partial charge in [0.15, 0.2) is 17.5 Å². The van der Waals surface area contributed by atoms with Crippen LogP contribution in [0.3, 0.4) is 0 Å². The largest absolute Gasteiger partial charge is 0.397 e. The molecule has 88 valence electrons. The van der Waals surface area contributed by atoms with Crippen molar-refractivity contribution in [1.82, 2.24) is 0 Å². The summed E-state index contributed by atoms with van der Waals surface area (Å²) in [6, 6.07) is 6.39. The second kappa shape index (κ2) is 4.01. The van der Waals surface area contributed by atoms with Crippen molar-refractivity contribution in [1.29, 1.82) is 0 Å². The monoisotopic (exact) mass is 238 g/mol. The molecule has 0 spiro atoms. The normalized spacial score (nSPS) is 10.5. The summed E-state index contributed by atoms with van der Waals surface area (Å²) in [6.07, 6.45) is 0. The van der Waals surface area contributed by atoms with Crippen molar-refractivity contribution in [3.8, 4) is 11.1 Å². The van der Waals surface area contributed by atoms with Gasteiger partial charge >= 0.3 is 0 Å². The predicted octanol–water partition coefficient (Wildman–Crippen LogP) is 2.94. The Kier molecular flexibility index (Phi) is 2.67. The Balaban J connectivity index is 2.61. The molecule has 0 radical (unpaired) electrons. The zero-order valence-electron chi connectivity index (χ0n) is 8.68. The van der Waals surface area contributed by atoms with Gasteiger partial charge in [-0.1, -0.05) is 6.07 Å². The fraction of sp³-hybridized carbons (Fsp3) is 0. The molecule has 2 aromatic rings. The molecule has 2 rings (SSSR count). The quantitative estimate of drug-likeness (QED) is 0.592. The van der Waals surface area contributed by atoms with Gasteiger partial charge in [0, 0.05) is 5.56 Å². The molecule has 2 aromatic carbocycles. The smallest absolute Gasteiger partial charge is 0.195 e. The summed E-state index contributed by atoms with van der Waals surface area (Å²) in [6.45, 7) is 0. The minimum absolute atomic E-state index is 0.0596. The Morgan fingerprint density at radius 3 is 2.12 bits per heavy atom. The molecule has 0 aliphatic rings. The molecule has 0 saturated carbocycles. The lowest BCUT2D eigenvalue weighted by Gasteiger charge is -2.07. The highest BCUT2D eigenvalue weighted by molar-refractivity contribution is 5.74. The molecule has 0 amide bonds. The van der Waals surface area contributed by atoms with E-state index < -0.39 is 17.5 Å². The summed E-state index contributed by atoms with van der Waals surface area (Å²) in [4.78, 5) is 0. The van der Waals surface area contributed by atoms with E-state index in [1.54, 1.807) is 0 Å². The summed E-state index contributed by atoms with van der Waals surface area (Å²) in [7, 11) is 0. The highest BCUT2D eigenvalue weighted by atomic mass is 19.2. The number of hydrogen-bond donors (Lipinski definition) is 2. The molecular formula is C12H9F3N2. The Bertz CT molecular complexity index is 582. The van der Waals surface area contributed by atoms with Crippen molar-refractivity contribution in [3.05, 3.63) is 47.8 Å². The number of rotatable bonds is 1. The third-order valence-corrected chi connectivity index (χ3v) is 2.43. The van der Waals surface area contributed by atoms with E-state index in [2.05, 4.69) is 0 Å². The Morgan fingerprint density at radius 2 is 1.47 bits per heavy atom. The van der Waals surface area contributed by atoms with Gasteiger partial charge in [-0.25, -0.2) is 13.2 Å². The first-order valence-electron chi connectivity index (χ1n) is 4.79. The van der Waals surface area contributed by atoms with E-state index in [0.29, 0.717) is 11.3 Å². The van der Waals surface area contributed by atoms with E-state index in [1.165, 1.54) is 18.2 Å². The molecule has 0 saturated heterocycles. The van der Waals surface area contributed by atoms with Crippen LogP contribution in [0.25, 0.3) is 11.1 Å². The molecule has 0 heterocycles. The van der Waals surface area contributed by atoms with E-state index >= 15 is 0 Å². The van der Waals surface area contributed by atoms with Gasteiger partial charge in [-0.05, 0) is 29.8 Å². The van der Waals surface area contributed by atoms with Crippen molar-refractivity contribution in [2.24, 2.45) is 0 Å². The van der Waals surface area contributed by atoms with Crippen molar-refractivity contribution in [3.63, 3.8) is 0 Å². The van der Waals surface area contributed by atoms with Gasteiger partial charge < -0.3 is 11.5 Å². The molecular weight excluding hydrogens is 229 g/mol. The van der Waals surface area contributed by atoms with E-state index in [0.717, 1.165) is 12.1 Å². The Hall–Kier alpha value is -2.17. The molecule has 2 nitrogen and oxygen atoms in total. The highest BCUT2D eigenvalue weighted by Gasteiger charge is 2.14. The number of nitrogen functional groups attached to an aromatic ring is 2. The van der Waals surface area contributed by atoms with Gasteiger partial charge in [0.2, 0.25) is 0 Å². The maximum Gasteiger partial charge on any atom is 0.195 e. The number of anilines is 2. The van der Waals surface area contributed by atoms with Crippen LogP contribution in [0.2, 0.25) is 0 Å². The van der Waals surface area contributed by atoms with Crippen LogP contribution in [-0.4, -0.2) is 0 Å². The minimum atomic E-state index is -1.50. The van der Waals surface area contributed by atoms with Gasteiger partial charge in [0.05, 0.1) is 11.4 Å². The predicted molar refractivity (Wildman–Crippen MR) is 60.6 cm³/mol. The van der Waals surface area contributed by atoms with Crippen LogP contribution in [0.1, 0.15) is 0 Å². The van der Waals surface area contributed by atoms with Crippen molar-refractivity contribution in [2.45, 2.75) is 0 Å². The number of nitrogens with two attached hydrogens (primary N) is 2. The van der Waals surface area contributed by atoms with E-state index in [9.17, 15) is 13.2 Å². The zero-order valence-corrected chi connectivity index (χ0v) is 8.68. The molecule has 0 unspecified atom stereocenters. The van der Waals surface area contributed by atoms with Crippen LogP contribution in [0, 0.1) is 17.5 Å². The molecule has 0 aliphatic heterocycles. The van der Waals surface area contributed by atoms with Crippen LogP contribution in [0.15, 0.2) is 30.3 Å². The lowest BCUT2D eigenvalue weighted by Crippen LogP contribution is -1.97. The SMILES string of the molecule is Nc1ccc(-c2ccc(F)c(F)c2F)cc1N. The van der Waals surface area contributed by atoms with Crippen LogP contribution in [-0.2, 0) is 0 Å². The molecule has 0 atom stereocenters. The zero-order chi connectivity index (χ0) is 12.6. The lowest BCUT2D eigenvalue weighted by atomic mass is 10.0. The molecule has 0 bridgehead atoms. The molecule has 17 heavy (non-hydrogen) atoms. The summed E-state index contributed by atoms with van der Waals surface area (Å²) in [5.41, 5.74) is 11.9. The highest BCUT2D eigenvalue weighted by Crippen LogP contribution is 2.29. The lowest BCUT2D eigenvalue weighted by molar-refractivity contribution is 0.449. The number of halogens is 3. The Morgan fingerprint density at radius 1 is 0.765 bits per heavy atom. The fourth-order valence-corrected chi connectivity index (χ4v) is 1.49. The van der Waals surface area contributed by atoms with Crippen LogP contribution < -0.4 is 11.5 Å². The average Bonchev–Trinajstić information content (AvgIpc) is 2.30. The van der Waals surface area contributed by atoms with Crippen LogP contribution >= 0.6 is 0 Å². The van der Waals surface area contributed by atoms with E-state index in [-0.39, 0.29) is 11.3 Å². The molecule has 5 heteroatoms. The third-order valence-electron chi connectivity index (χ3n) is 2.43. The summed E-state index contributed by atoms with van der Waals surface area (Å²) < 4.78 is 39.3. The fourth-order valence-electron chi connectivity index (χ4n) is 1.49. The van der Waals surface area contributed by atoms with Gasteiger partial charge in [-0.2, -0.15) is 0 Å². The van der Waals surface area contributed by atoms with E-state index in [4.69, 9.17) is 11.5 Å². The molecule has 0 aromatic heterocycles. The van der Waals surface area contributed by atoms with Gasteiger partial charge in [-0.15, -0.1) is 0 Å². The number of hydrogen-bond acceptors (Lipinski definition) is 2. The molecule has 0 aliphatic carbocycles. The maximum absolute atomic E-state index is 13.5. The van der Waals surface area contributed by atoms with Gasteiger partial charge in [0.25, 0.3) is 0 Å². The number of benzene rings is 2. The maximum atomic E-state index is 13.5. The van der Waals surface area contributed by atoms with Crippen molar-refractivity contribution >= 4 is 11.4 Å². The summed E-state index contributed by atoms with van der Waals surface area (Å²) in [5, 5.41) is 0. The first kappa shape index (κ1) is 11.3. The second-order valence-electron chi connectivity index (χ2n) is 3.57. The van der Waals surface area contributed by atoms with Gasteiger partial charge in [-0.3, -0.25) is 0 Å². The second-order valence-corrected chi connectivity index (χ2v) is 3.57. The van der Waals surface area contributed by atoms with Crippen LogP contribution in [0.4, 0.5) is 24.5 Å². The molecule has 0 fully saturated rings. The van der Waals surface area contributed by atoms with Crippen LogP contribution in [0.5, 0.6) is 0 Å². The Labute approximate surface area is 95.7 Å². The van der Waals surface area contributed by atoms with Crippen molar-refractivity contribution in [2.75, 3.05) is 11.5 Å².